The minimum absolute atomic E-state index is 0.157. The summed E-state index contributed by atoms with van der Waals surface area (Å²) < 4.78 is 6.07. The lowest BCUT2D eigenvalue weighted by molar-refractivity contribution is 0.0315. The zero-order valence-electron chi connectivity index (χ0n) is 11.8. The van der Waals surface area contributed by atoms with Gasteiger partial charge in [-0.05, 0) is 50.3 Å². The van der Waals surface area contributed by atoms with Crippen LogP contribution in [0.5, 0.6) is 0 Å². The van der Waals surface area contributed by atoms with Gasteiger partial charge in [0.1, 0.15) is 0 Å². The average Bonchev–Trinajstić information content (AvgIpc) is 3.18. The summed E-state index contributed by atoms with van der Waals surface area (Å²) in [6.07, 6.45) is 5.01. The molecule has 2 nitrogen and oxygen atoms in total. The van der Waals surface area contributed by atoms with Crippen LogP contribution in [0.15, 0.2) is 18.2 Å². The summed E-state index contributed by atoms with van der Waals surface area (Å²) in [7, 11) is 2.02. The Kier molecular flexibility index (Phi) is 4.28. The molecule has 1 N–H and O–H groups in total. The van der Waals surface area contributed by atoms with Crippen molar-refractivity contribution in [3.63, 3.8) is 0 Å². The molecular formula is C16H21Cl2NO. The van der Waals surface area contributed by atoms with Gasteiger partial charge in [0.05, 0.1) is 16.1 Å². The molecule has 0 spiro atoms. The maximum absolute atomic E-state index is 6.38. The highest BCUT2D eigenvalue weighted by atomic mass is 35.5. The molecule has 3 rings (SSSR count). The molecule has 0 bridgehead atoms. The Labute approximate surface area is 130 Å². The van der Waals surface area contributed by atoms with Gasteiger partial charge < -0.3 is 10.1 Å². The van der Waals surface area contributed by atoms with Crippen LogP contribution in [0.2, 0.25) is 10.0 Å². The van der Waals surface area contributed by atoms with Crippen LogP contribution in [0.25, 0.3) is 0 Å². The molecule has 1 aliphatic heterocycles. The molecule has 1 heterocycles. The fourth-order valence-corrected chi connectivity index (χ4v) is 3.99. The summed E-state index contributed by atoms with van der Waals surface area (Å²) in [5.41, 5.74) is 1.30. The number of benzene rings is 1. The highest BCUT2D eigenvalue weighted by Gasteiger charge is 2.50. The molecule has 2 atom stereocenters. The van der Waals surface area contributed by atoms with Crippen molar-refractivity contribution >= 4 is 23.2 Å². The predicted octanol–water partition coefficient (Wildman–Crippen LogP) is 3.94. The van der Waals surface area contributed by atoms with Crippen molar-refractivity contribution in [1.29, 1.82) is 0 Å². The molecule has 4 heteroatoms. The van der Waals surface area contributed by atoms with Gasteiger partial charge in [-0.1, -0.05) is 35.3 Å². The highest BCUT2D eigenvalue weighted by Crippen LogP contribution is 2.49. The number of nitrogens with one attached hydrogen (secondary N) is 1. The number of rotatable bonds is 5. The first-order valence-electron chi connectivity index (χ1n) is 7.35. The van der Waals surface area contributed by atoms with Crippen molar-refractivity contribution < 1.29 is 4.74 Å². The standard InChI is InChI=1S/C16H21Cl2NO/c1-19-10-16(7-8-20-15(16)11-5-6-11)9-12-3-2-4-13(17)14(12)18/h2-4,11,15,19H,5-10H2,1H3. The maximum Gasteiger partial charge on any atom is 0.0675 e. The fraction of sp³-hybridized carbons (Fsp3) is 0.625. The summed E-state index contributed by atoms with van der Waals surface area (Å²) in [6, 6.07) is 5.92. The Hall–Kier alpha value is -0.280. The monoisotopic (exact) mass is 313 g/mol. The summed E-state index contributed by atoms with van der Waals surface area (Å²) in [5.74, 6) is 0.740. The lowest BCUT2D eigenvalue weighted by atomic mass is 9.74. The Balaban J connectivity index is 1.88. The number of hydrogen-bond acceptors (Lipinski definition) is 2. The largest absolute Gasteiger partial charge is 0.377 e. The van der Waals surface area contributed by atoms with E-state index in [2.05, 4.69) is 11.4 Å². The van der Waals surface area contributed by atoms with Gasteiger partial charge in [-0.2, -0.15) is 0 Å². The summed E-state index contributed by atoms with van der Waals surface area (Å²) in [6.45, 7) is 1.83. The third-order valence-corrected chi connectivity index (χ3v) is 5.51. The van der Waals surface area contributed by atoms with E-state index in [-0.39, 0.29) is 5.41 Å². The van der Waals surface area contributed by atoms with Crippen LogP contribution < -0.4 is 5.32 Å². The number of ether oxygens (including phenoxy) is 1. The summed E-state index contributed by atoms with van der Waals surface area (Å²) in [4.78, 5) is 0. The molecular weight excluding hydrogens is 293 g/mol. The van der Waals surface area contributed by atoms with E-state index in [0.29, 0.717) is 16.1 Å². The average molecular weight is 314 g/mol. The Morgan fingerprint density at radius 2 is 2.15 bits per heavy atom. The number of hydrogen-bond donors (Lipinski definition) is 1. The smallest absolute Gasteiger partial charge is 0.0675 e. The van der Waals surface area contributed by atoms with E-state index in [4.69, 9.17) is 27.9 Å². The van der Waals surface area contributed by atoms with E-state index in [0.717, 1.165) is 37.5 Å². The molecule has 0 aromatic heterocycles. The van der Waals surface area contributed by atoms with Gasteiger partial charge in [-0.3, -0.25) is 0 Å². The topological polar surface area (TPSA) is 21.3 Å². The molecule has 2 aliphatic rings. The molecule has 1 saturated heterocycles. The number of halogens is 2. The van der Waals surface area contributed by atoms with Crippen molar-refractivity contribution in [3.8, 4) is 0 Å². The molecule has 2 fully saturated rings. The second-order valence-corrected chi connectivity index (χ2v) is 6.95. The first-order chi connectivity index (χ1) is 9.66. The van der Waals surface area contributed by atoms with Crippen LogP contribution in [0.1, 0.15) is 24.8 Å². The van der Waals surface area contributed by atoms with Crippen LogP contribution in [-0.4, -0.2) is 26.3 Å². The summed E-state index contributed by atoms with van der Waals surface area (Å²) in [5, 5.41) is 4.71. The van der Waals surface area contributed by atoms with Crippen molar-refractivity contribution in [3.05, 3.63) is 33.8 Å². The van der Waals surface area contributed by atoms with E-state index in [1.165, 1.54) is 12.8 Å². The third-order valence-electron chi connectivity index (χ3n) is 4.65. The van der Waals surface area contributed by atoms with Gasteiger partial charge in [0.15, 0.2) is 0 Å². The normalized spacial score (nSPS) is 29.9. The van der Waals surface area contributed by atoms with Crippen LogP contribution in [-0.2, 0) is 11.2 Å². The maximum atomic E-state index is 6.38. The van der Waals surface area contributed by atoms with Gasteiger partial charge in [0, 0.05) is 18.6 Å². The van der Waals surface area contributed by atoms with Gasteiger partial charge in [-0.15, -0.1) is 0 Å². The lowest BCUT2D eigenvalue weighted by Gasteiger charge is -2.35. The van der Waals surface area contributed by atoms with Crippen LogP contribution in [0, 0.1) is 11.3 Å². The van der Waals surface area contributed by atoms with Gasteiger partial charge in [-0.25, -0.2) is 0 Å². The van der Waals surface area contributed by atoms with E-state index in [9.17, 15) is 0 Å². The SMILES string of the molecule is CNCC1(Cc2cccc(Cl)c2Cl)CCOC1C1CC1. The minimum Gasteiger partial charge on any atom is -0.377 e. The van der Waals surface area contributed by atoms with Gasteiger partial charge in [0.25, 0.3) is 0 Å². The molecule has 0 radical (unpaired) electrons. The van der Waals surface area contributed by atoms with Crippen molar-refractivity contribution in [2.24, 2.45) is 11.3 Å². The van der Waals surface area contributed by atoms with Crippen molar-refractivity contribution in [1.82, 2.24) is 5.32 Å². The third kappa shape index (κ3) is 2.71. The first-order valence-corrected chi connectivity index (χ1v) is 8.11. The van der Waals surface area contributed by atoms with Crippen LogP contribution >= 0.6 is 23.2 Å². The Morgan fingerprint density at radius 3 is 2.85 bits per heavy atom. The van der Waals surface area contributed by atoms with E-state index >= 15 is 0 Å². The Morgan fingerprint density at radius 1 is 1.35 bits per heavy atom. The second-order valence-electron chi connectivity index (χ2n) is 6.16. The van der Waals surface area contributed by atoms with Crippen molar-refractivity contribution in [2.75, 3.05) is 20.2 Å². The molecule has 110 valence electrons. The quantitative estimate of drug-likeness (QED) is 0.889. The molecule has 2 unspecified atom stereocenters. The highest BCUT2D eigenvalue weighted by molar-refractivity contribution is 6.42. The molecule has 1 saturated carbocycles. The first kappa shape index (κ1) is 14.6. The fourth-order valence-electron chi connectivity index (χ4n) is 3.60. The molecule has 0 amide bonds. The van der Waals surface area contributed by atoms with E-state index in [1.807, 2.05) is 19.2 Å². The predicted molar refractivity (Wildman–Crippen MR) is 83.6 cm³/mol. The van der Waals surface area contributed by atoms with E-state index in [1.54, 1.807) is 0 Å². The van der Waals surface area contributed by atoms with Gasteiger partial charge >= 0.3 is 0 Å². The van der Waals surface area contributed by atoms with E-state index < -0.39 is 0 Å². The van der Waals surface area contributed by atoms with Gasteiger partial charge in [0.2, 0.25) is 0 Å². The summed E-state index contributed by atoms with van der Waals surface area (Å²) >= 11 is 12.5. The second kappa shape index (κ2) is 5.84. The molecule has 1 aromatic carbocycles. The lowest BCUT2D eigenvalue weighted by Crippen LogP contribution is -2.42. The zero-order chi connectivity index (χ0) is 14.2. The van der Waals surface area contributed by atoms with Crippen LogP contribution in [0.4, 0.5) is 0 Å². The molecule has 20 heavy (non-hydrogen) atoms. The van der Waals surface area contributed by atoms with Crippen LogP contribution in [0.3, 0.4) is 0 Å². The Bertz CT molecular complexity index is 489. The zero-order valence-corrected chi connectivity index (χ0v) is 13.3. The molecule has 1 aliphatic carbocycles. The molecule has 1 aromatic rings. The minimum atomic E-state index is 0.157. The van der Waals surface area contributed by atoms with Crippen molar-refractivity contribution in [2.45, 2.75) is 31.8 Å².